The SMILES string of the molecule is CC(C)(C)C(=O)COC1=C(O)C(=O)O[C@@H]1[C@@H](O)CO. The number of aliphatic hydroxyl groups excluding tert-OH is 3. The van der Waals surface area contributed by atoms with Crippen LogP contribution in [0.2, 0.25) is 0 Å². The van der Waals surface area contributed by atoms with Crippen molar-refractivity contribution >= 4 is 11.8 Å². The average molecular weight is 274 g/mol. The molecule has 1 heterocycles. The molecule has 7 heteroatoms. The summed E-state index contributed by atoms with van der Waals surface area (Å²) in [6.07, 6.45) is -2.72. The van der Waals surface area contributed by atoms with Crippen molar-refractivity contribution in [2.24, 2.45) is 5.41 Å². The minimum atomic E-state index is -1.42. The first-order valence-corrected chi connectivity index (χ1v) is 5.77. The second-order valence-corrected chi connectivity index (χ2v) is 5.25. The number of aliphatic hydroxyl groups is 3. The summed E-state index contributed by atoms with van der Waals surface area (Å²) in [5, 5.41) is 27.7. The van der Waals surface area contributed by atoms with Crippen LogP contribution in [0.1, 0.15) is 20.8 Å². The third kappa shape index (κ3) is 3.45. The van der Waals surface area contributed by atoms with Gasteiger partial charge in [0.25, 0.3) is 0 Å². The van der Waals surface area contributed by atoms with Gasteiger partial charge in [0.05, 0.1) is 6.61 Å². The van der Waals surface area contributed by atoms with Crippen molar-refractivity contribution in [2.75, 3.05) is 13.2 Å². The molecule has 0 amide bonds. The molecule has 1 aliphatic heterocycles. The monoisotopic (exact) mass is 274 g/mol. The van der Waals surface area contributed by atoms with Gasteiger partial charge in [0.15, 0.2) is 17.6 Å². The van der Waals surface area contributed by atoms with Crippen molar-refractivity contribution in [1.29, 1.82) is 0 Å². The number of hydrogen-bond donors (Lipinski definition) is 3. The summed E-state index contributed by atoms with van der Waals surface area (Å²) in [6, 6.07) is 0. The van der Waals surface area contributed by atoms with E-state index >= 15 is 0 Å². The minimum Gasteiger partial charge on any atom is -0.499 e. The fraction of sp³-hybridized carbons (Fsp3) is 0.667. The number of hydrogen-bond acceptors (Lipinski definition) is 7. The first-order valence-electron chi connectivity index (χ1n) is 5.77. The number of cyclic esters (lactones) is 1. The number of esters is 1. The highest BCUT2D eigenvalue weighted by atomic mass is 16.6. The van der Waals surface area contributed by atoms with Crippen LogP contribution in [0.25, 0.3) is 0 Å². The molecule has 0 spiro atoms. The van der Waals surface area contributed by atoms with Gasteiger partial charge in [-0.05, 0) is 0 Å². The van der Waals surface area contributed by atoms with E-state index in [0.29, 0.717) is 0 Å². The molecule has 7 nitrogen and oxygen atoms in total. The first kappa shape index (κ1) is 15.5. The van der Waals surface area contributed by atoms with E-state index in [9.17, 15) is 19.8 Å². The second-order valence-electron chi connectivity index (χ2n) is 5.25. The predicted octanol–water partition coefficient (Wildman–Crippen LogP) is -0.334. The zero-order valence-corrected chi connectivity index (χ0v) is 11.0. The summed E-state index contributed by atoms with van der Waals surface area (Å²) in [5.41, 5.74) is -0.634. The number of carbonyl (C=O) groups is 2. The third-order valence-electron chi connectivity index (χ3n) is 2.65. The smallest absolute Gasteiger partial charge is 0.378 e. The Labute approximate surface area is 110 Å². The van der Waals surface area contributed by atoms with Crippen LogP contribution in [0.3, 0.4) is 0 Å². The summed E-state index contributed by atoms with van der Waals surface area (Å²) in [7, 11) is 0. The van der Waals surface area contributed by atoms with E-state index in [4.69, 9.17) is 9.84 Å². The van der Waals surface area contributed by atoms with Gasteiger partial charge >= 0.3 is 5.97 Å². The highest BCUT2D eigenvalue weighted by Gasteiger charge is 2.41. The number of Topliss-reactive ketones (excluding diaryl/α,β-unsaturated/α-hetero) is 1. The molecular weight excluding hydrogens is 256 g/mol. The standard InChI is InChI=1S/C12H18O7/c1-12(2,3)7(15)5-18-10-8(16)11(17)19-9(10)6(14)4-13/h6,9,13-14,16H,4-5H2,1-3H3/t6-,9+/m0/s1. The zero-order chi connectivity index (χ0) is 14.8. The molecule has 108 valence electrons. The number of ketones is 1. The Balaban J connectivity index is 2.78. The van der Waals surface area contributed by atoms with Gasteiger partial charge in [0.1, 0.15) is 12.7 Å². The van der Waals surface area contributed by atoms with Crippen LogP contribution in [0.15, 0.2) is 11.5 Å². The number of rotatable bonds is 5. The Kier molecular flexibility index (Phi) is 4.54. The van der Waals surface area contributed by atoms with Crippen LogP contribution in [-0.4, -0.2) is 52.5 Å². The lowest BCUT2D eigenvalue weighted by molar-refractivity contribution is -0.148. The fourth-order valence-electron chi connectivity index (χ4n) is 1.32. The van der Waals surface area contributed by atoms with Gasteiger partial charge < -0.3 is 24.8 Å². The molecule has 0 fully saturated rings. The third-order valence-corrected chi connectivity index (χ3v) is 2.65. The average Bonchev–Trinajstić information content (AvgIpc) is 2.61. The second kappa shape index (κ2) is 5.58. The molecule has 0 unspecified atom stereocenters. The molecule has 0 aromatic heterocycles. The van der Waals surface area contributed by atoms with Gasteiger partial charge in [-0.25, -0.2) is 4.79 Å². The van der Waals surface area contributed by atoms with Crippen molar-refractivity contribution in [3.63, 3.8) is 0 Å². The van der Waals surface area contributed by atoms with E-state index in [-0.39, 0.29) is 18.1 Å². The molecule has 0 aromatic rings. The maximum atomic E-state index is 11.7. The van der Waals surface area contributed by atoms with Crippen LogP contribution in [0.4, 0.5) is 0 Å². The maximum Gasteiger partial charge on any atom is 0.378 e. The van der Waals surface area contributed by atoms with Crippen molar-refractivity contribution in [3.8, 4) is 0 Å². The van der Waals surface area contributed by atoms with Crippen LogP contribution in [0.5, 0.6) is 0 Å². The van der Waals surface area contributed by atoms with Gasteiger partial charge in [0, 0.05) is 5.41 Å². The molecule has 2 atom stereocenters. The van der Waals surface area contributed by atoms with Crippen molar-refractivity contribution in [1.82, 2.24) is 0 Å². The zero-order valence-electron chi connectivity index (χ0n) is 11.0. The Bertz CT molecular complexity index is 405. The van der Waals surface area contributed by atoms with Crippen molar-refractivity contribution in [3.05, 3.63) is 11.5 Å². The van der Waals surface area contributed by atoms with Gasteiger partial charge in [-0.15, -0.1) is 0 Å². The minimum absolute atomic E-state index is 0.246. The van der Waals surface area contributed by atoms with E-state index < -0.39 is 36.0 Å². The lowest BCUT2D eigenvalue weighted by atomic mass is 9.91. The molecule has 0 aromatic carbocycles. The summed E-state index contributed by atoms with van der Waals surface area (Å²) >= 11 is 0. The van der Waals surface area contributed by atoms with Crippen LogP contribution >= 0.6 is 0 Å². The molecule has 3 N–H and O–H groups in total. The highest BCUT2D eigenvalue weighted by molar-refractivity contribution is 5.89. The van der Waals surface area contributed by atoms with Gasteiger partial charge in [0.2, 0.25) is 5.76 Å². The molecule has 1 aliphatic rings. The summed E-state index contributed by atoms with van der Waals surface area (Å²) in [5.74, 6) is -2.43. The Hall–Kier alpha value is -1.60. The molecule has 0 saturated carbocycles. The van der Waals surface area contributed by atoms with Crippen LogP contribution in [0, 0.1) is 5.41 Å². The van der Waals surface area contributed by atoms with E-state index in [1.165, 1.54) is 0 Å². The Morgan fingerprint density at radius 1 is 1.47 bits per heavy atom. The summed E-state index contributed by atoms with van der Waals surface area (Å²) in [6.45, 7) is 4.05. The molecule has 0 saturated heterocycles. The van der Waals surface area contributed by atoms with Gasteiger partial charge in [-0.3, -0.25) is 4.79 Å². The quantitative estimate of drug-likeness (QED) is 0.588. The molecule has 19 heavy (non-hydrogen) atoms. The highest BCUT2D eigenvalue weighted by Crippen LogP contribution is 2.25. The van der Waals surface area contributed by atoms with Gasteiger partial charge in [-0.1, -0.05) is 20.8 Å². The fourth-order valence-corrected chi connectivity index (χ4v) is 1.32. The molecular formula is C12H18O7. The van der Waals surface area contributed by atoms with Crippen LogP contribution < -0.4 is 0 Å². The van der Waals surface area contributed by atoms with Crippen molar-refractivity contribution < 1.29 is 34.4 Å². The Morgan fingerprint density at radius 2 is 2.05 bits per heavy atom. The van der Waals surface area contributed by atoms with Crippen LogP contribution in [-0.2, 0) is 19.1 Å². The maximum absolute atomic E-state index is 11.7. The van der Waals surface area contributed by atoms with E-state index in [2.05, 4.69) is 4.74 Å². The van der Waals surface area contributed by atoms with E-state index in [0.717, 1.165) is 0 Å². The molecule has 0 aliphatic carbocycles. The number of ether oxygens (including phenoxy) is 2. The van der Waals surface area contributed by atoms with E-state index in [1.54, 1.807) is 20.8 Å². The Morgan fingerprint density at radius 3 is 2.53 bits per heavy atom. The molecule has 0 radical (unpaired) electrons. The lowest BCUT2D eigenvalue weighted by Crippen LogP contribution is -2.33. The van der Waals surface area contributed by atoms with Crippen molar-refractivity contribution in [2.45, 2.75) is 33.0 Å². The summed E-state index contributed by atoms with van der Waals surface area (Å²) in [4.78, 5) is 22.9. The lowest BCUT2D eigenvalue weighted by Gasteiger charge is -2.20. The molecule has 1 rings (SSSR count). The first-order chi connectivity index (χ1) is 8.68. The predicted molar refractivity (Wildman–Crippen MR) is 63.0 cm³/mol. The topological polar surface area (TPSA) is 113 Å². The van der Waals surface area contributed by atoms with Gasteiger partial charge in [-0.2, -0.15) is 0 Å². The molecule has 0 bridgehead atoms. The largest absolute Gasteiger partial charge is 0.499 e. The summed E-state index contributed by atoms with van der Waals surface area (Å²) < 4.78 is 9.72. The number of carbonyl (C=O) groups excluding carboxylic acids is 2. The van der Waals surface area contributed by atoms with E-state index in [1.807, 2.05) is 0 Å². The normalized spacial score (nSPS) is 21.3.